The van der Waals surface area contributed by atoms with Crippen LogP contribution < -0.4 is 0 Å². The van der Waals surface area contributed by atoms with Crippen molar-refractivity contribution in [1.82, 2.24) is 4.90 Å². The third kappa shape index (κ3) is 0.891. The average molecular weight is 169 g/mol. The second kappa shape index (κ2) is 2.22. The molecule has 1 saturated carbocycles. The van der Waals surface area contributed by atoms with Crippen molar-refractivity contribution in [3.63, 3.8) is 0 Å². The Hall–Kier alpha value is -0.570. The topological polar surface area (TPSA) is 40.5 Å². The summed E-state index contributed by atoms with van der Waals surface area (Å²) < 4.78 is 0. The number of likely N-dealkylation sites (tertiary alicyclic amines) is 1. The summed E-state index contributed by atoms with van der Waals surface area (Å²) in [4.78, 5) is 13.2. The molecule has 2 aliphatic rings. The summed E-state index contributed by atoms with van der Waals surface area (Å²) in [7, 11) is 1.84. The second-order valence-electron chi connectivity index (χ2n) is 4.28. The molecule has 12 heavy (non-hydrogen) atoms. The third-order valence-electron chi connectivity index (χ3n) is 3.49. The number of carbonyl (C=O) groups excluding carboxylic acids is 1. The number of rotatable bonds is 0. The predicted molar refractivity (Wildman–Crippen MR) is 44.5 cm³/mol. The van der Waals surface area contributed by atoms with Gasteiger partial charge in [0.1, 0.15) is 0 Å². The zero-order valence-corrected chi connectivity index (χ0v) is 7.58. The molecule has 2 rings (SSSR count). The summed E-state index contributed by atoms with van der Waals surface area (Å²) in [6, 6.07) is 0.294. The van der Waals surface area contributed by atoms with Gasteiger partial charge in [-0.1, -0.05) is 6.92 Å². The summed E-state index contributed by atoms with van der Waals surface area (Å²) in [6.07, 6.45) is 1.83. The predicted octanol–water partition coefficient (Wildman–Crippen LogP) is 0.378. The quantitative estimate of drug-likeness (QED) is 0.569. The highest BCUT2D eigenvalue weighted by molar-refractivity contribution is 5.77. The van der Waals surface area contributed by atoms with Crippen molar-refractivity contribution in [2.24, 2.45) is 5.41 Å². The molecule has 3 nitrogen and oxygen atoms in total. The van der Waals surface area contributed by atoms with Crippen molar-refractivity contribution in [3.8, 4) is 0 Å². The number of carbonyl (C=O) groups is 1. The van der Waals surface area contributed by atoms with E-state index < -0.39 is 0 Å². The lowest BCUT2D eigenvalue weighted by molar-refractivity contribution is -0.130. The Balaban J connectivity index is 2.20. The van der Waals surface area contributed by atoms with Gasteiger partial charge in [-0.3, -0.25) is 4.79 Å². The Kier molecular flexibility index (Phi) is 1.49. The second-order valence-corrected chi connectivity index (χ2v) is 4.28. The molecular weight excluding hydrogens is 154 g/mol. The number of amides is 1. The van der Waals surface area contributed by atoms with Crippen LogP contribution in [0.1, 0.15) is 26.2 Å². The molecule has 1 heterocycles. The SMILES string of the molecule is CN1C(=O)CCC(O)C2(C)CC12. The zero-order chi connectivity index (χ0) is 8.93. The first-order chi connectivity index (χ1) is 5.55. The van der Waals surface area contributed by atoms with Gasteiger partial charge in [-0.25, -0.2) is 0 Å². The normalized spacial score (nSPS) is 46.9. The van der Waals surface area contributed by atoms with Crippen LogP contribution in [-0.2, 0) is 4.79 Å². The minimum Gasteiger partial charge on any atom is -0.392 e. The molecule has 1 saturated heterocycles. The lowest BCUT2D eigenvalue weighted by atomic mass is 9.98. The molecular formula is C9H15NO2. The molecule has 3 unspecified atom stereocenters. The van der Waals surface area contributed by atoms with Crippen molar-refractivity contribution in [1.29, 1.82) is 0 Å². The van der Waals surface area contributed by atoms with Crippen LogP contribution in [0.25, 0.3) is 0 Å². The van der Waals surface area contributed by atoms with Gasteiger partial charge in [0.15, 0.2) is 0 Å². The van der Waals surface area contributed by atoms with E-state index in [4.69, 9.17) is 0 Å². The van der Waals surface area contributed by atoms with Gasteiger partial charge in [0.05, 0.1) is 6.10 Å². The highest BCUT2D eigenvalue weighted by Crippen LogP contribution is 2.54. The van der Waals surface area contributed by atoms with E-state index in [1.165, 1.54) is 0 Å². The summed E-state index contributed by atoms with van der Waals surface area (Å²) in [5.41, 5.74) is 0.000903. The first kappa shape index (κ1) is 8.05. The molecule has 1 amide bonds. The van der Waals surface area contributed by atoms with Gasteiger partial charge in [-0.05, 0) is 12.8 Å². The maximum atomic E-state index is 11.4. The number of hydrogen-bond acceptors (Lipinski definition) is 2. The van der Waals surface area contributed by atoms with E-state index in [-0.39, 0.29) is 17.4 Å². The van der Waals surface area contributed by atoms with Crippen molar-refractivity contribution >= 4 is 5.91 Å². The van der Waals surface area contributed by atoms with Crippen LogP contribution in [0.4, 0.5) is 0 Å². The number of aliphatic hydroxyl groups excluding tert-OH is 1. The van der Waals surface area contributed by atoms with E-state index in [0.29, 0.717) is 18.9 Å². The zero-order valence-electron chi connectivity index (χ0n) is 7.58. The standard InChI is InChI=1S/C9H15NO2/c1-9-5-6(9)10(2)8(12)4-3-7(9)11/h6-7,11H,3-5H2,1-2H3. The molecule has 0 spiro atoms. The first-order valence-electron chi connectivity index (χ1n) is 4.49. The fourth-order valence-corrected chi connectivity index (χ4v) is 2.24. The molecule has 3 atom stereocenters. The molecule has 0 aromatic rings. The molecule has 68 valence electrons. The van der Waals surface area contributed by atoms with E-state index in [1.54, 1.807) is 4.90 Å². The number of aliphatic hydroxyl groups is 1. The Bertz CT molecular complexity index is 229. The van der Waals surface area contributed by atoms with Gasteiger partial charge >= 0.3 is 0 Å². The minimum absolute atomic E-state index is 0.000903. The Labute approximate surface area is 72.4 Å². The van der Waals surface area contributed by atoms with E-state index in [2.05, 4.69) is 6.92 Å². The van der Waals surface area contributed by atoms with E-state index in [9.17, 15) is 9.90 Å². The van der Waals surface area contributed by atoms with Gasteiger partial charge in [0.25, 0.3) is 0 Å². The molecule has 1 aliphatic heterocycles. The van der Waals surface area contributed by atoms with Crippen molar-refractivity contribution in [2.45, 2.75) is 38.3 Å². The van der Waals surface area contributed by atoms with Crippen LogP contribution >= 0.6 is 0 Å². The highest BCUT2D eigenvalue weighted by atomic mass is 16.3. The summed E-state index contributed by atoms with van der Waals surface area (Å²) in [5.74, 6) is 0.181. The van der Waals surface area contributed by atoms with Crippen molar-refractivity contribution in [2.75, 3.05) is 7.05 Å². The maximum Gasteiger partial charge on any atom is 0.222 e. The molecule has 3 heteroatoms. The Morgan fingerprint density at radius 1 is 1.67 bits per heavy atom. The average Bonchev–Trinajstić information content (AvgIpc) is 2.72. The number of hydrogen-bond donors (Lipinski definition) is 1. The summed E-state index contributed by atoms with van der Waals surface area (Å²) in [5, 5.41) is 9.72. The van der Waals surface area contributed by atoms with E-state index in [0.717, 1.165) is 6.42 Å². The van der Waals surface area contributed by atoms with Gasteiger partial charge in [-0.2, -0.15) is 0 Å². The van der Waals surface area contributed by atoms with Crippen LogP contribution in [0.15, 0.2) is 0 Å². The number of fused-ring (bicyclic) bond motifs is 1. The highest BCUT2D eigenvalue weighted by Gasteiger charge is 2.59. The molecule has 1 aliphatic carbocycles. The fraction of sp³-hybridized carbons (Fsp3) is 0.889. The van der Waals surface area contributed by atoms with Crippen LogP contribution in [-0.4, -0.2) is 35.1 Å². The van der Waals surface area contributed by atoms with Crippen LogP contribution in [0.3, 0.4) is 0 Å². The lowest BCUT2D eigenvalue weighted by Crippen LogP contribution is -2.30. The molecule has 2 fully saturated rings. The maximum absolute atomic E-state index is 11.4. The Morgan fingerprint density at radius 2 is 2.33 bits per heavy atom. The number of nitrogens with zero attached hydrogens (tertiary/aromatic N) is 1. The molecule has 1 N–H and O–H groups in total. The van der Waals surface area contributed by atoms with Gasteiger partial charge in [0.2, 0.25) is 5.91 Å². The summed E-state index contributed by atoms with van der Waals surface area (Å²) in [6.45, 7) is 2.07. The minimum atomic E-state index is -0.281. The lowest BCUT2D eigenvalue weighted by Gasteiger charge is -2.18. The monoisotopic (exact) mass is 169 g/mol. The molecule has 0 radical (unpaired) electrons. The van der Waals surface area contributed by atoms with E-state index in [1.807, 2.05) is 7.05 Å². The van der Waals surface area contributed by atoms with Gasteiger partial charge in [-0.15, -0.1) is 0 Å². The van der Waals surface area contributed by atoms with Crippen molar-refractivity contribution in [3.05, 3.63) is 0 Å². The largest absolute Gasteiger partial charge is 0.392 e. The fourth-order valence-electron chi connectivity index (χ4n) is 2.24. The van der Waals surface area contributed by atoms with Gasteiger partial charge < -0.3 is 10.0 Å². The van der Waals surface area contributed by atoms with Crippen LogP contribution in [0.2, 0.25) is 0 Å². The Morgan fingerprint density at radius 3 is 3.00 bits per heavy atom. The van der Waals surface area contributed by atoms with Gasteiger partial charge in [0, 0.05) is 24.9 Å². The van der Waals surface area contributed by atoms with Crippen LogP contribution in [0, 0.1) is 5.41 Å². The molecule has 0 aromatic heterocycles. The molecule has 0 bridgehead atoms. The van der Waals surface area contributed by atoms with Crippen LogP contribution in [0.5, 0.6) is 0 Å². The van der Waals surface area contributed by atoms with E-state index >= 15 is 0 Å². The summed E-state index contributed by atoms with van der Waals surface area (Å²) >= 11 is 0. The molecule has 0 aromatic carbocycles. The first-order valence-corrected chi connectivity index (χ1v) is 4.49. The van der Waals surface area contributed by atoms with Crippen molar-refractivity contribution < 1.29 is 9.90 Å². The third-order valence-corrected chi connectivity index (χ3v) is 3.49. The smallest absolute Gasteiger partial charge is 0.222 e.